The van der Waals surface area contributed by atoms with Crippen LogP contribution in [0.15, 0.2) is 18.2 Å². The molecule has 0 aliphatic carbocycles. The predicted octanol–water partition coefficient (Wildman–Crippen LogP) is 2.62. The molecule has 18 heavy (non-hydrogen) atoms. The van der Waals surface area contributed by atoms with Gasteiger partial charge in [0.1, 0.15) is 11.2 Å². The summed E-state index contributed by atoms with van der Waals surface area (Å²) in [6.45, 7) is 2.03. The standard InChI is InChI=1S/C12H12Cl2FNO2/c13-9-2-1-8(7-10(9)15)11(14)12(17)16-3-5-18-6-4-16/h1-2,7,11H,3-6H2. The molecule has 1 atom stereocenters. The maximum atomic E-state index is 13.3. The molecule has 0 aromatic heterocycles. The fraction of sp³-hybridized carbons (Fsp3) is 0.417. The molecule has 1 fully saturated rings. The van der Waals surface area contributed by atoms with Crippen LogP contribution in [0.3, 0.4) is 0 Å². The zero-order chi connectivity index (χ0) is 13.1. The fourth-order valence-electron chi connectivity index (χ4n) is 1.76. The summed E-state index contributed by atoms with van der Waals surface area (Å²) in [7, 11) is 0. The molecule has 1 saturated heterocycles. The van der Waals surface area contributed by atoms with Crippen LogP contribution in [0, 0.1) is 5.82 Å². The van der Waals surface area contributed by atoms with E-state index in [4.69, 9.17) is 27.9 Å². The minimum absolute atomic E-state index is 0.0152. The van der Waals surface area contributed by atoms with Crippen LogP contribution in [0.5, 0.6) is 0 Å². The van der Waals surface area contributed by atoms with Crippen molar-refractivity contribution in [1.29, 1.82) is 0 Å². The van der Waals surface area contributed by atoms with Crippen molar-refractivity contribution in [3.63, 3.8) is 0 Å². The Morgan fingerprint density at radius 2 is 2.06 bits per heavy atom. The lowest BCUT2D eigenvalue weighted by molar-refractivity contribution is -0.134. The van der Waals surface area contributed by atoms with E-state index in [1.165, 1.54) is 12.1 Å². The molecule has 1 unspecified atom stereocenters. The number of morpholine rings is 1. The third kappa shape index (κ3) is 2.94. The largest absolute Gasteiger partial charge is 0.378 e. The molecule has 1 aliphatic rings. The van der Waals surface area contributed by atoms with Gasteiger partial charge in [0, 0.05) is 13.1 Å². The van der Waals surface area contributed by atoms with Gasteiger partial charge in [-0.05, 0) is 17.7 Å². The SMILES string of the molecule is O=C(C(Cl)c1ccc(Cl)c(F)c1)N1CCOCC1. The van der Waals surface area contributed by atoms with Crippen molar-refractivity contribution in [1.82, 2.24) is 4.90 Å². The Balaban J connectivity index is 2.11. The molecule has 6 heteroatoms. The first-order chi connectivity index (χ1) is 8.59. The molecule has 0 radical (unpaired) electrons. The van der Waals surface area contributed by atoms with Gasteiger partial charge >= 0.3 is 0 Å². The highest BCUT2D eigenvalue weighted by molar-refractivity contribution is 6.31. The average molecular weight is 292 g/mol. The van der Waals surface area contributed by atoms with Gasteiger partial charge in [0.2, 0.25) is 5.91 Å². The molecule has 1 aromatic carbocycles. The number of rotatable bonds is 2. The monoisotopic (exact) mass is 291 g/mol. The third-order valence-electron chi connectivity index (χ3n) is 2.78. The first-order valence-corrected chi connectivity index (χ1v) is 6.36. The van der Waals surface area contributed by atoms with Gasteiger partial charge in [-0.1, -0.05) is 17.7 Å². The second kappa shape index (κ2) is 5.87. The van der Waals surface area contributed by atoms with Crippen LogP contribution < -0.4 is 0 Å². The smallest absolute Gasteiger partial charge is 0.245 e. The molecule has 3 nitrogen and oxygen atoms in total. The van der Waals surface area contributed by atoms with Gasteiger partial charge in [-0.25, -0.2) is 4.39 Å². The number of halogens is 3. The minimum atomic E-state index is -0.894. The highest BCUT2D eigenvalue weighted by Crippen LogP contribution is 2.26. The number of hydrogen-bond donors (Lipinski definition) is 0. The normalized spacial score (nSPS) is 17.6. The number of carbonyl (C=O) groups is 1. The van der Waals surface area contributed by atoms with Crippen LogP contribution in [-0.2, 0) is 9.53 Å². The van der Waals surface area contributed by atoms with Gasteiger partial charge in [-0.2, -0.15) is 0 Å². The highest BCUT2D eigenvalue weighted by atomic mass is 35.5. The Kier molecular flexibility index (Phi) is 4.43. The van der Waals surface area contributed by atoms with Gasteiger partial charge < -0.3 is 9.64 Å². The maximum absolute atomic E-state index is 13.3. The summed E-state index contributed by atoms with van der Waals surface area (Å²) in [5.74, 6) is -0.809. The zero-order valence-electron chi connectivity index (χ0n) is 9.54. The molecule has 0 spiro atoms. The topological polar surface area (TPSA) is 29.5 Å². The number of amides is 1. The Morgan fingerprint density at radius 1 is 1.39 bits per heavy atom. The molecule has 1 heterocycles. The van der Waals surface area contributed by atoms with E-state index in [1.54, 1.807) is 11.0 Å². The van der Waals surface area contributed by atoms with E-state index in [0.717, 1.165) is 0 Å². The van der Waals surface area contributed by atoms with E-state index < -0.39 is 11.2 Å². The van der Waals surface area contributed by atoms with E-state index >= 15 is 0 Å². The first-order valence-electron chi connectivity index (χ1n) is 5.55. The Hall–Kier alpha value is -0.840. The van der Waals surface area contributed by atoms with Crippen LogP contribution in [0.4, 0.5) is 4.39 Å². The van der Waals surface area contributed by atoms with Crippen LogP contribution in [0.1, 0.15) is 10.9 Å². The van der Waals surface area contributed by atoms with Crippen molar-refractivity contribution in [3.8, 4) is 0 Å². The van der Waals surface area contributed by atoms with Crippen LogP contribution >= 0.6 is 23.2 Å². The van der Waals surface area contributed by atoms with Crippen molar-refractivity contribution >= 4 is 29.1 Å². The number of ether oxygens (including phenoxy) is 1. The summed E-state index contributed by atoms with van der Waals surface area (Å²) in [6, 6.07) is 4.15. The summed E-state index contributed by atoms with van der Waals surface area (Å²) in [5.41, 5.74) is 0.412. The molecule has 98 valence electrons. The van der Waals surface area contributed by atoms with E-state index in [9.17, 15) is 9.18 Å². The summed E-state index contributed by atoms with van der Waals surface area (Å²) < 4.78 is 18.5. The second-order valence-corrected chi connectivity index (χ2v) is 4.82. The van der Waals surface area contributed by atoms with Crippen LogP contribution in [0.2, 0.25) is 5.02 Å². The average Bonchev–Trinajstić information content (AvgIpc) is 2.41. The molecular weight excluding hydrogens is 280 g/mol. The third-order valence-corrected chi connectivity index (χ3v) is 3.52. The molecule has 1 amide bonds. The number of hydrogen-bond acceptors (Lipinski definition) is 2. The maximum Gasteiger partial charge on any atom is 0.245 e. The highest BCUT2D eigenvalue weighted by Gasteiger charge is 2.25. The Labute approximate surface area is 114 Å². The van der Waals surface area contributed by atoms with E-state index in [0.29, 0.717) is 31.9 Å². The number of nitrogens with zero attached hydrogens (tertiary/aromatic N) is 1. The van der Waals surface area contributed by atoms with Crippen LogP contribution in [-0.4, -0.2) is 37.1 Å². The van der Waals surface area contributed by atoms with Gasteiger partial charge in [0.25, 0.3) is 0 Å². The number of alkyl halides is 1. The number of benzene rings is 1. The Bertz CT molecular complexity index is 450. The van der Waals surface area contributed by atoms with E-state index in [1.807, 2.05) is 0 Å². The quantitative estimate of drug-likeness (QED) is 0.784. The molecule has 1 aromatic rings. The van der Waals surface area contributed by atoms with Gasteiger partial charge in [0.15, 0.2) is 0 Å². The van der Waals surface area contributed by atoms with Crippen LogP contribution in [0.25, 0.3) is 0 Å². The summed E-state index contributed by atoms with van der Waals surface area (Å²) >= 11 is 11.7. The fourth-order valence-corrected chi connectivity index (χ4v) is 2.15. The van der Waals surface area contributed by atoms with Crippen molar-refractivity contribution in [3.05, 3.63) is 34.6 Å². The molecule has 0 bridgehead atoms. The molecule has 0 saturated carbocycles. The summed E-state index contributed by atoms with van der Waals surface area (Å²) in [6.07, 6.45) is 0. The first kappa shape index (κ1) is 13.6. The number of carbonyl (C=O) groups excluding carboxylic acids is 1. The summed E-state index contributed by atoms with van der Waals surface area (Å²) in [4.78, 5) is 13.7. The molecule has 1 aliphatic heterocycles. The molecule has 0 N–H and O–H groups in total. The van der Waals surface area contributed by atoms with Crippen molar-refractivity contribution in [2.75, 3.05) is 26.3 Å². The van der Waals surface area contributed by atoms with Crippen molar-refractivity contribution < 1.29 is 13.9 Å². The van der Waals surface area contributed by atoms with Crippen molar-refractivity contribution in [2.45, 2.75) is 5.38 Å². The van der Waals surface area contributed by atoms with Gasteiger partial charge in [0.05, 0.1) is 18.2 Å². The van der Waals surface area contributed by atoms with Gasteiger partial charge in [-0.15, -0.1) is 11.6 Å². The lowest BCUT2D eigenvalue weighted by Gasteiger charge is -2.28. The van der Waals surface area contributed by atoms with Crippen molar-refractivity contribution in [2.24, 2.45) is 0 Å². The minimum Gasteiger partial charge on any atom is -0.378 e. The molecule has 2 rings (SSSR count). The lowest BCUT2D eigenvalue weighted by atomic mass is 10.1. The zero-order valence-corrected chi connectivity index (χ0v) is 11.0. The summed E-state index contributed by atoms with van der Waals surface area (Å²) in [5, 5.41) is -0.878. The van der Waals surface area contributed by atoms with Gasteiger partial charge in [-0.3, -0.25) is 4.79 Å². The predicted molar refractivity (Wildman–Crippen MR) is 67.4 cm³/mol. The van der Waals surface area contributed by atoms with E-state index in [2.05, 4.69) is 0 Å². The Morgan fingerprint density at radius 3 is 2.67 bits per heavy atom. The molecular formula is C12H12Cl2FNO2. The lowest BCUT2D eigenvalue weighted by Crippen LogP contribution is -2.42. The van der Waals surface area contributed by atoms with E-state index in [-0.39, 0.29) is 10.9 Å². The second-order valence-electron chi connectivity index (χ2n) is 3.97.